The van der Waals surface area contributed by atoms with Gasteiger partial charge in [0.15, 0.2) is 0 Å². The number of benzene rings is 1. The summed E-state index contributed by atoms with van der Waals surface area (Å²) in [6.45, 7) is 6.02. The molecule has 0 bridgehead atoms. The van der Waals surface area contributed by atoms with Crippen molar-refractivity contribution < 1.29 is 9.47 Å². The summed E-state index contributed by atoms with van der Waals surface area (Å²) in [5.74, 6) is 1.26. The van der Waals surface area contributed by atoms with E-state index in [0.29, 0.717) is 31.2 Å². The second-order valence-electron chi connectivity index (χ2n) is 4.51. The Morgan fingerprint density at radius 2 is 2.11 bits per heavy atom. The molecule has 0 heterocycles. The molecule has 0 aliphatic rings. The number of hydrogen-bond donors (Lipinski definition) is 1. The van der Waals surface area contributed by atoms with E-state index in [1.54, 1.807) is 18.2 Å². The normalized spacial score (nSPS) is 10.3. The van der Waals surface area contributed by atoms with Crippen LogP contribution in [0.3, 0.4) is 0 Å². The van der Waals surface area contributed by atoms with Crippen molar-refractivity contribution >= 4 is 5.69 Å². The summed E-state index contributed by atoms with van der Waals surface area (Å²) in [4.78, 5) is 0. The molecule has 2 N–H and O–H groups in total. The smallest absolute Gasteiger partial charge is 0.119 e. The average molecular weight is 248 g/mol. The zero-order valence-corrected chi connectivity index (χ0v) is 11.0. The van der Waals surface area contributed by atoms with E-state index in [1.165, 1.54) is 0 Å². The van der Waals surface area contributed by atoms with E-state index in [0.717, 1.165) is 17.9 Å². The molecule has 0 aliphatic carbocycles. The number of anilines is 1. The van der Waals surface area contributed by atoms with Crippen LogP contribution in [0.4, 0.5) is 5.69 Å². The fourth-order valence-corrected chi connectivity index (χ4v) is 1.45. The number of rotatable bonds is 7. The molecular weight excluding hydrogens is 228 g/mol. The van der Waals surface area contributed by atoms with E-state index in [1.807, 2.05) is 0 Å². The van der Waals surface area contributed by atoms with Gasteiger partial charge in [0.2, 0.25) is 0 Å². The maximum absolute atomic E-state index is 8.67. The van der Waals surface area contributed by atoms with Gasteiger partial charge in [-0.2, -0.15) is 5.26 Å². The van der Waals surface area contributed by atoms with E-state index in [9.17, 15) is 0 Å². The summed E-state index contributed by atoms with van der Waals surface area (Å²) in [7, 11) is 0. The minimum Gasteiger partial charge on any atom is -0.491 e. The van der Waals surface area contributed by atoms with Gasteiger partial charge in [-0.15, -0.1) is 0 Å². The van der Waals surface area contributed by atoms with Gasteiger partial charge in [-0.3, -0.25) is 0 Å². The number of hydrogen-bond acceptors (Lipinski definition) is 4. The van der Waals surface area contributed by atoms with Crippen molar-refractivity contribution in [1.82, 2.24) is 0 Å². The Bertz CT molecular complexity index is 411. The second-order valence-corrected chi connectivity index (χ2v) is 4.51. The molecule has 1 aromatic carbocycles. The van der Waals surface area contributed by atoms with Gasteiger partial charge in [0.05, 0.1) is 19.1 Å². The molecule has 0 unspecified atom stereocenters. The molecule has 0 radical (unpaired) electrons. The van der Waals surface area contributed by atoms with Crippen molar-refractivity contribution in [3.05, 3.63) is 23.8 Å². The van der Waals surface area contributed by atoms with Gasteiger partial charge in [0, 0.05) is 12.3 Å². The number of nitrogens with two attached hydrogens (primary N) is 1. The number of nitriles is 1. The van der Waals surface area contributed by atoms with Gasteiger partial charge in [-0.25, -0.2) is 0 Å². The first-order valence-corrected chi connectivity index (χ1v) is 6.09. The summed E-state index contributed by atoms with van der Waals surface area (Å²) in [5, 5.41) is 8.67. The van der Waals surface area contributed by atoms with Gasteiger partial charge >= 0.3 is 0 Å². The van der Waals surface area contributed by atoms with Crippen LogP contribution in [0.5, 0.6) is 5.75 Å². The lowest BCUT2D eigenvalue weighted by molar-refractivity contribution is 0.0819. The summed E-state index contributed by atoms with van der Waals surface area (Å²) in [5.41, 5.74) is 7.18. The Morgan fingerprint density at radius 1 is 1.33 bits per heavy atom. The topological polar surface area (TPSA) is 68.3 Å². The van der Waals surface area contributed by atoms with Crippen LogP contribution in [0.25, 0.3) is 0 Å². The molecular formula is C14H20N2O2. The third kappa shape index (κ3) is 5.07. The largest absolute Gasteiger partial charge is 0.491 e. The van der Waals surface area contributed by atoms with Crippen LogP contribution in [0.1, 0.15) is 19.4 Å². The maximum Gasteiger partial charge on any atom is 0.119 e. The molecule has 4 heteroatoms. The third-order valence-corrected chi connectivity index (χ3v) is 2.33. The van der Waals surface area contributed by atoms with E-state index < -0.39 is 0 Å². The van der Waals surface area contributed by atoms with Gasteiger partial charge < -0.3 is 15.2 Å². The molecule has 0 fully saturated rings. The zero-order valence-electron chi connectivity index (χ0n) is 11.0. The molecule has 0 amide bonds. The Morgan fingerprint density at radius 3 is 2.78 bits per heavy atom. The highest BCUT2D eigenvalue weighted by Crippen LogP contribution is 2.20. The highest BCUT2D eigenvalue weighted by Gasteiger charge is 2.02. The van der Waals surface area contributed by atoms with Crippen molar-refractivity contribution in [2.75, 3.05) is 25.6 Å². The van der Waals surface area contributed by atoms with E-state index in [-0.39, 0.29) is 0 Å². The second kappa shape index (κ2) is 7.57. The zero-order chi connectivity index (χ0) is 13.4. The lowest BCUT2D eigenvalue weighted by Crippen LogP contribution is -2.10. The number of nitrogens with zero attached hydrogens (tertiary/aromatic N) is 1. The molecule has 18 heavy (non-hydrogen) atoms. The Balaban J connectivity index is 2.38. The quantitative estimate of drug-likeness (QED) is 0.594. The average Bonchev–Trinajstić information content (AvgIpc) is 2.32. The minimum atomic E-state index is 0.298. The molecule has 0 aromatic heterocycles. The maximum atomic E-state index is 8.67. The first kappa shape index (κ1) is 14.3. The van der Waals surface area contributed by atoms with Crippen molar-refractivity contribution in [3.8, 4) is 11.8 Å². The van der Waals surface area contributed by atoms with Gasteiger partial charge in [0.25, 0.3) is 0 Å². The van der Waals surface area contributed by atoms with Crippen LogP contribution in [0.2, 0.25) is 0 Å². The Hall–Kier alpha value is -1.73. The first-order chi connectivity index (χ1) is 8.63. The minimum absolute atomic E-state index is 0.298. The molecule has 4 nitrogen and oxygen atoms in total. The number of nitrogen functional groups attached to an aromatic ring is 1. The van der Waals surface area contributed by atoms with Crippen LogP contribution in [-0.2, 0) is 11.2 Å². The SMILES string of the molecule is CC(C)COCCOc1ccc(N)c(CC#N)c1. The summed E-state index contributed by atoms with van der Waals surface area (Å²) < 4.78 is 11.0. The van der Waals surface area contributed by atoms with Crippen LogP contribution in [0, 0.1) is 17.2 Å². The first-order valence-electron chi connectivity index (χ1n) is 6.09. The summed E-state index contributed by atoms with van der Waals surface area (Å²) in [6.07, 6.45) is 0.298. The molecule has 0 saturated heterocycles. The fraction of sp³-hybridized carbons (Fsp3) is 0.500. The van der Waals surface area contributed by atoms with Crippen molar-refractivity contribution in [2.24, 2.45) is 5.92 Å². The van der Waals surface area contributed by atoms with Crippen molar-refractivity contribution in [2.45, 2.75) is 20.3 Å². The van der Waals surface area contributed by atoms with Crippen molar-refractivity contribution in [1.29, 1.82) is 5.26 Å². The molecule has 1 aromatic rings. The lowest BCUT2D eigenvalue weighted by Gasteiger charge is -2.10. The molecule has 98 valence electrons. The van der Waals surface area contributed by atoms with E-state index in [4.69, 9.17) is 20.5 Å². The van der Waals surface area contributed by atoms with Crippen LogP contribution < -0.4 is 10.5 Å². The summed E-state index contributed by atoms with van der Waals surface area (Å²) >= 11 is 0. The lowest BCUT2D eigenvalue weighted by atomic mass is 10.1. The van der Waals surface area contributed by atoms with E-state index >= 15 is 0 Å². The molecule has 0 atom stereocenters. The Kier molecular flexibility index (Phi) is 6.03. The predicted octanol–water partition coefficient (Wildman–Crippen LogP) is 2.39. The van der Waals surface area contributed by atoms with Crippen LogP contribution in [0.15, 0.2) is 18.2 Å². The molecule has 0 saturated carbocycles. The Labute approximate surface area is 108 Å². The fourth-order valence-electron chi connectivity index (χ4n) is 1.45. The van der Waals surface area contributed by atoms with Crippen LogP contribution >= 0.6 is 0 Å². The standard InChI is InChI=1S/C14H20N2O2/c1-11(2)10-17-7-8-18-13-3-4-14(16)12(9-13)5-6-15/h3-4,9,11H,5,7-8,10,16H2,1-2H3. The summed E-state index contributed by atoms with van der Waals surface area (Å²) in [6, 6.07) is 7.45. The third-order valence-electron chi connectivity index (χ3n) is 2.33. The van der Waals surface area contributed by atoms with Gasteiger partial charge in [0.1, 0.15) is 12.4 Å². The van der Waals surface area contributed by atoms with Crippen LogP contribution in [-0.4, -0.2) is 19.8 Å². The number of ether oxygens (including phenoxy) is 2. The molecule has 1 rings (SSSR count). The predicted molar refractivity (Wildman–Crippen MR) is 71.3 cm³/mol. The monoisotopic (exact) mass is 248 g/mol. The molecule has 0 aliphatic heterocycles. The van der Waals surface area contributed by atoms with Gasteiger partial charge in [-0.05, 0) is 29.7 Å². The molecule has 0 spiro atoms. The van der Waals surface area contributed by atoms with Gasteiger partial charge in [-0.1, -0.05) is 13.8 Å². The highest BCUT2D eigenvalue weighted by atomic mass is 16.5. The van der Waals surface area contributed by atoms with Crippen molar-refractivity contribution in [3.63, 3.8) is 0 Å². The van der Waals surface area contributed by atoms with E-state index in [2.05, 4.69) is 19.9 Å². The highest BCUT2D eigenvalue weighted by molar-refractivity contribution is 5.51.